The molecule has 0 heterocycles. The van der Waals surface area contributed by atoms with Crippen LogP contribution in [0.25, 0.3) is 0 Å². The van der Waals surface area contributed by atoms with Crippen molar-refractivity contribution in [1.82, 2.24) is 10.8 Å². The number of rotatable bonds is 10. The van der Waals surface area contributed by atoms with Gasteiger partial charge >= 0.3 is 0 Å². The van der Waals surface area contributed by atoms with Crippen molar-refractivity contribution in [2.45, 2.75) is 26.0 Å². The SMILES string of the molecule is COc1ccc(CNC(=O)C2(Cc3ccc(OCc4ccccc4)cc3)CC2C(=O)NO)cc1. The molecular formula is C27H28N2O5. The first-order valence-corrected chi connectivity index (χ1v) is 11.1. The molecule has 2 unspecified atom stereocenters. The standard InChI is InChI=1S/C27H28N2O5/c1-33-22-11-9-20(10-12-22)17-28-26(31)27(16-24(27)25(30)29-32)15-19-7-13-23(14-8-19)34-18-21-5-3-2-4-6-21/h2-14,24,32H,15-18H2,1H3,(H,28,31)(H,29,30). The summed E-state index contributed by atoms with van der Waals surface area (Å²) >= 11 is 0. The zero-order chi connectivity index (χ0) is 24.0. The predicted molar refractivity (Wildman–Crippen MR) is 126 cm³/mol. The highest BCUT2D eigenvalue weighted by molar-refractivity contribution is 5.95. The van der Waals surface area contributed by atoms with Crippen molar-refractivity contribution in [3.05, 3.63) is 95.6 Å². The minimum atomic E-state index is -0.897. The second kappa shape index (κ2) is 10.4. The number of carbonyl (C=O) groups excluding carboxylic acids is 2. The van der Waals surface area contributed by atoms with Gasteiger partial charge in [-0.15, -0.1) is 0 Å². The molecule has 1 fully saturated rings. The summed E-state index contributed by atoms with van der Waals surface area (Å²) < 4.78 is 11.0. The summed E-state index contributed by atoms with van der Waals surface area (Å²) in [6.45, 7) is 0.806. The number of hydrogen-bond acceptors (Lipinski definition) is 5. The van der Waals surface area contributed by atoms with Gasteiger partial charge in [0.2, 0.25) is 11.8 Å². The average molecular weight is 461 g/mol. The molecule has 0 saturated heterocycles. The molecule has 0 aromatic heterocycles. The van der Waals surface area contributed by atoms with Crippen LogP contribution in [0.2, 0.25) is 0 Å². The molecule has 2 amide bonds. The molecule has 0 radical (unpaired) electrons. The highest BCUT2D eigenvalue weighted by atomic mass is 16.5. The van der Waals surface area contributed by atoms with E-state index >= 15 is 0 Å². The number of methoxy groups -OCH3 is 1. The van der Waals surface area contributed by atoms with Crippen LogP contribution < -0.4 is 20.3 Å². The summed E-state index contributed by atoms with van der Waals surface area (Å²) in [5.41, 5.74) is 3.72. The lowest BCUT2D eigenvalue weighted by molar-refractivity contribution is -0.135. The summed E-state index contributed by atoms with van der Waals surface area (Å²) in [5, 5.41) is 12.1. The molecule has 7 heteroatoms. The maximum atomic E-state index is 13.2. The molecular weight excluding hydrogens is 432 g/mol. The summed E-state index contributed by atoms with van der Waals surface area (Å²) in [4.78, 5) is 25.3. The van der Waals surface area contributed by atoms with Gasteiger partial charge in [-0.05, 0) is 53.8 Å². The van der Waals surface area contributed by atoms with E-state index in [1.807, 2.05) is 78.9 Å². The zero-order valence-corrected chi connectivity index (χ0v) is 19.0. The number of nitrogens with one attached hydrogen (secondary N) is 2. The van der Waals surface area contributed by atoms with Gasteiger partial charge in [-0.25, -0.2) is 5.48 Å². The van der Waals surface area contributed by atoms with Crippen LogP contribution in [0.1, 0.15) is 23.1 Å². The van der Waals surface area contributed by atoms with Crippen LogP contribution in [0.15, 0.2) is 78.9 Å². The summed E-state index contributed by atoms with van der Waals surface area (Å²) in [6, 6.07) is 24.9. The van der Waals surface area contributed by atoms with Gasteiger partial charge in [-0.1, -0.05) is 54.6 Å². The fourth-order valence-corrected chi connectivity index (χ4v) is 4.16. The van der Waals surface area contributed by atoms with E-state index in [9.17, 15) is 9.59 Å². The molecule has 0 spiro atoms. The fraction of sp³-hybridized carbons (Fsp3) is 0.259. The van der Waals surface area contributed by atoms with Crippen molar-refractivity contribution in [1.29, 1.82) is 0 Å². The maximum absolute atomic E-state index is 13.2. The third-order valence-electron chi connectivity index (χ3n) is 6.26. The van der Waals surface area contributed by atoms with Crippen molar-refractivity contribution in [2.24, 2.45) is 11.3 Å². The van der Waals surface area contributed by atoms with Gasteiger partial charge in [0.05, 0.1) is 18.4 Å². The molecule has 7 nitrogen and oxygen atoms in total. The molecule has 0 bridgehead atoms. The fourth-order valence-electron chi connectivity index (χ4n) is 4.16. The van der Waals surface area contributed by atoms with Gasteiger partial charge in [0.15, 0.2) is 0 Å². The van der Waals surface area contributed by atoms with E-state index in [4.69, 9.17) is 14.7 Å². The number of ether oxygens (including phenoxy) is 2. The van der Waals surface area contributed by atoms with E-state index in [0.29, 0.717) is 26.0 Å². The summed E-state index contributed by atoms with van der Waals surface area (Å²) in [7, 11) is 1.60. The van der Waals surface area contributed by atoms with Gasteiger partial charge in [-0.2, -0.15) is 0 Å². The Kier molecular flexibility index (Phi) is 7.13. The Balaban J connectivity index is 1.40. The third-order valence-corrected chi connectivity index (χ3v) is 6.26. The number of benzene rings is 3. The highest BCUT2D eigenvalue weighted by Gasteiger charge is 2.63. The van der Waals surface area contributed by atoms with E-state index in [1.54, 1.807) is 12.6 Å². The summed E-state index contributed by atoms with van der Waals surface area (Å²) in [5.74, 6) is 0.141. The van der Waals surface area contributed by atoms with Gasteiger partial charge in [0, 0.05) is 6.54 Å². The average Bonchev–Trinajstić information content (AvgIpc) is 3.62. The van der Waals surface area contributed by atoms with Gasteiger partial charge in [0.1, 0.15) is 18.1 Å². The highest BCUT2D eigenvalue weighted by Crippen LogP contribution is 2.55. The lowest BCUT2D eigenvalue weighted by atomic mass is 9.92. The van der Waals surface area contributed by atoms with E-state index in [0.717, 1.165) is 28.2 Å². The van der Waals surface area contributed by atoms with Crippen LogP contribution in [0.3, 0.4) is 0 Å². The number of carbonyl (C=O) groups is 2. The molecule has 176 valence electrons. The van der Waals surface area contributed by atoms with E-state index in [2.05, 4.69) is 5.32 Å². The van der Waals surface area contributed by atoms with Crippen molar-refractivity contribution < 1.29 is 24.3 Å². The van der Waals surface area contributed by atoms with Gasteiger partial charge in [-0.3, -0.25) is 14.8 Å². The number of hydroxylamine groups is 1. The Morgan fingerprint density at radius 1 is 0.912 bits per heavy atom. The van der Waals surface area contributed by atoms with E-state index in [-0.39, 0.29) is 5.91 Å². The topological polar surface area (TPSA) is 96.9 Å². The van der Waals surface area contributed by atoms with E-state index < -0.39 is 17.2 Å². The van der Waals surface area contributed by atoms with Crippen molar-refractivity contribution in [3.8, 4) is 11.5 Å². The molecule has 3 aromatic rings. The van der Waals surface area contributed by atoms with E-state index in [1.165, 1.54) is 0 Å². The normalized spacial score (nSPS) is 18.6. The van der Waals surface area contributed by atoms with Crippen molar-refractivity contribution in [3.63, 3.8) is 0 Å². The zero-order valence-electron chi connectivity index (χ0n) is 19.0. The number of amides is 2. The molecule has 1 aliphatic rings. The Bertz CT molecular complexity index is 1120. The Morgan fingerprint density at radius 3 is 2.21 bits per heavy atom. The first kappa shape index (κ1) is 23.3. The molecule has 3 N–H and O–H groups in total. The van der Waals surface area contributed by atoms with Crippen LogP contribution in [0, 0.1) is 11.3 Å². The smallest absolute Gasteiger partial charge is 0.247 e. The monoisotopic (exact) mass is 460 g/mol. The Morgan fingerprint density at radius 2 is 1.56 bits per heavy atom. The third kappa shape index (κ3) is 5.38. The number of hydrogen-bond donors (Lipinski definition) is 3. The van der Waals surface area contributed by atoms with Crippen molar-refractivity contribution >= 4 is 11.8 Å². The molecule has 1 saturated carbocycles. The minimum Gasteiger partial charge on any atom is -0.497 e. The Hall–Kier alpha value is -3.84. The lowest BCUT2D eigenvalue weighted by Gasteiger charge is -2.18. The van der Waals surface area contributed by atoms with Gasteiger partial charge in [0.25, 0.3) is 0 Å². The van der Waals surface area contributed by atoms with Crippen LogP contribution in [-0.2, 0) is 29.2 Å². The predicted octanol–water partition coefficient (Wildman–Crippen LogP) is 3.64. The van der Waals surface area contributed by atoms with Crippen LogP contribution in [-0.4, -0.2) is 24.1 Å². The molecule has 3 aromatic carbocycles. The molecule has 0 aliphatic heterocycles. The first-order valence-electron chi connectivity index (χ1n) is 11.1. The molecule has 34 heavy (non-hydrogen) atoms. The van der Waals surface area contributed by atoms with Gasteiger partial charge < -0.3 is 14.8 Å². The first-order chi connectivity index (χ1) is 16.5. The second-order valence-corrected chi connectivity index (χ2v) is 8.51. The second-order valence-electron chi connectivity index (χ2n) is 8.51. The quantitative estimate of drug-likeness (QED) is 0.317. The summed E-state index contributed by atoms with van der Waals surface area (Å²) in [6.07, 6.45) is 0.762. The largest absolute Gasteiger partial charge is 0.497 e. The molecule has 4 rings (SSSR count). The van der Waals surface area contributed by atoms with Crippen LogP contribution >= 0.6 is 0 Å². The molecule has 1 aliphatic carbocycles. The maximum Gasteiger partial charge on any atom is 0.247 e. The van der Waals surface area contributed by atoms with Crippen LogP contribution in [0.4, 0.5) is 0 Å². The lowest BCUT2D eigenvalue weighted by Crippen LogP contribution is -2.37. The molecule has 2 atom stereocenters. The van der Waals surface area contributed by atoms with Crippen LogP contribution in [0.5, 0.6) is 11.5 Å². The Labute approximate surface area is 198 Å². The minimum absolute atomic E-state index is 0.207. The van der Waals surface area contributed by atoms with Crippen molar-refractivity contribution in [2.75, 3.05) is 7.11 Å².